The van der Waals surface area contributed by atoms with Crippen LogP contribution in [0.15, 0.2) is 24.3 Å². The Bertz CT molecular complexity index is 384. The van der Waals surface area contributed by atoms with Gasteiger partial charge in [-0.15, -0.1) is 0 Å². The molecule has 0 saturated heterocycles. The van der Waals surface area contributed by atoms with Gasteiger partial charge in [0.1, 0.15) is 12.0 Å². The summed E-state index contributed by atoms with van der Waals surface area (Å²) in [4.78, 5) is 20.8. The van der Waals surface area contributed by atoms with Gasteiger partial charge in [0.05, 0.1) is 6.61 Å². The highest BCUT2D eigenvalue weighted by molar-refractivity contribution is 5.74. The highest BCUT2D eigenvalue weighted by Gasteiger charge is 1.97. The minimum Gasteiger partial charge on any atom is -0.494 e. The molecule has 0 aromatic heterocycles. The fourth-order valence-corrected chi connectivity index (χ4v) is 1.74. The molecular weight excluding hydrogens is 244 g/mol. The smallest absolute Gasteiger partial charge is 0.303 e. The van der Waals surface area contributed by atoms with Crippen LogP contribution in [0.4, 0.5) is 0 Å². The third-order valence-electron chi connectivity index (χ3n) is 2.82. The molecule has 0 aliphatic heterocycles. The fourth-order valence-electron chi connectivity index (χ4n) is 1.74. The molecule has 0 aliphatic rings. The van der Waals surface area contributed by atoms with Crippen LogP contribution in [0, 0.1) is 0 Å². The molecule has 0 heterocycles. The quantitative estimate of drug-likeness (QED) is 0.520. The lowest BCUT2D eigenvalue weighted by molar-refractivity contribution is -0.137. The van der Waals surface area contributed by atoms with Gasteiger partial charge in [-0.1, -0.05) is 19.3 Å². The molecule has 0 amide bonds. The van der Waals surface area contributed by atoms with E-state index in [9.17, 15) is 9.59 Å². The van der Waals surface area contributed by atoms with E-state index in [1.165, 1.54) is 0 Å². The number of hydrogen-bond donors (Lipinski definition) is 1. The second-order valence-corrected chi connectivity index (χ2v) is 4.45. The summed E-state index contributed by atoms with van der Waals surface area (Å²) in [5, 5.41) is 8.48. The fraction of sp³-hybridized carbons (Fsp3) is 0.467. The summed E-state index contributed by atoms with van der Waals surface area (Å²) in [5.41, 5.74) is 0.644. The average molecular weight is 264 g/mol. The molecule has 1 rings (SSSR count). The molecule has 1 aromatic rings. The predicted octanol–water partition coefficient (Wildman–Crippen LogP) is 3.30. The van der Waals surface area contributed by atoms with E-state index in [0.717, 1.165) is 44.1 Å². The highest BCUT2D eigenvalue weighted by atomic mass is 16.5. The van der Waals surface area contributed by atoms with E-state index in [0.29, 0.717) is 12.2 Å². The number of aldehydes is 1. The minimum absolute atomic E-state index is 0.263. The molecule has 0 atom stereocenters. The summed E-state index contributed by atoms with van der Waals surface area (Å²) in [6.07, 6.45) is 5.83. The minimum atomic E-state index is -0.720. The molecule has 0 saturated carbocycles. The molecule has 19 heavy (non-hydrogen) atoms. The molecule has 1 N–H and O–H groups in total. The number of hydrogen-bond acceptors (Lipinski definition) is 3. The van der Waals surface area contributed by atoms with Crippen molar-refractivity contribution in [3.05, 3.63) is 29.8 Å². The van der Waals surface area contributed by atoms with E-state index >= 15 is 0 Å². The van der Waals surface area contributed by atoms with Crippen molar-refractivity contribution in [2.45, 2.75) is 38.5 Å². The van der Waals surface area contributed by atoms with Crippen molar-refractivity contribution in [3.8, 4) is 5.75 Å². The Labute approximate surface area is 113 Å². The third kappa shape index (κ3) is 7.24. The van der Waals surface area contributed by atoms with Gasteiger partial charge >= 0.3 is 5.97 Å². The molecule has 0 unspecified atom stereocenters. The van der Waals surface area contributed by atoms with Crippen LogP contribution in [0.3, 0.4) is 0 Å². The van der Waals surface area contributed by atoms with Gasteiger partial charge in [-0.3, -0.25) is 9.59 Å². The van der Waals surface area contributed by atoms with Crippen LogP contribution >= 0.6 is 0 Å². The molecule has 0 radical (unpaired) electrons. The topological polar surface area (TPSA) is 63.6 Å². The SMILES string of the molecule is O=Cc1ccc(OCCCCCCCC(=O)O)cc1. The van der Waals surface area contributed by atoms with E-state index in [2.05, 4.69) is 0 Å². The van der Waals surface area contributed by atoms with Gasteiger partial charge in [0, 0.05) is 12.0 Å². The maximum atomic E-state index is 10.5. The summed E-state index contributed by atoms with van der Waals surface area (Å²) in [5.74, 6) is 0.0542. The zero-order chi connectivity index (χ0) is 13.9. The second-order valence-electron chi connectivity index (χ2n) is 4.45. The summed E-state index contributed by atoms with van der Waals surface area (Å²) >= 11 is 0. The van der Waals surface area contributed by atoms with Crippen LogP contribution in [0.25, 0.3) is 0 Å². The zero-order valence-electron chi connectivity index (χ0n) is 11.0. The number of ether oxygens (including phenoxy) is 1. The summed E-state index contributed by atoms with van der Waals surface area (Å²) < 4.78 is 5.54. The molecule has 4 nitrogen and oxygen atoms in total. The van der Waals surface area contributed by atoms with Crippen molar-refractivity contribution < 1.29 is 19.4 Å². The van der Waals surface area contributed by atoms with Crippen LogP contribution < -0.4 is 4.74 Å². The van der Waals surface area contributed by atoms with Crippen molar-refractivity contribution in [1.82, 2.24) is 0 Å². The maximum absolute atomic E-state index is 10.5. The van der Waals surface area contributed by atoms with Crippen LogP contribution in [0.5, 0.6) is 5.75 Å². The number of carboxylic acid groups (broad SMARTS) is 1. The van der Waals surface area contributed by atoms with E-state index in [-0.39, 0.29) is 6.42 Å². The number of carbonyl (C=O) groups is 2. The summed E-state index contributed by atoms with van der Waals surface area (Å²) in [7, 11) is 0. The van der Waals surface area contributed by atoms with Gasteiger partial charge in [0.2, 0.25) is 0 Å². The van der Waals surface area contributed by atoms with E-state index in [4.69, 9.17) is 9.84 Å². The molecule has 104 valence electrons. The van der Waals surface area contributed by atoms with Crippen LogP contribution in [-0.2, 0) is 4.79 Å². The second kappa shape index (κ2) is 9.14. The predicted molar refractivity (Wildman–Crippen MR) is 72.7 cm³/mol. The zero-order valence-corrected chi connectivity index (χ0v) is 11.0. The molecule has 0 bridgehead atoms. The maximum Gasteiger partial charge on any atom is 0.303 e. The lowest BCUT2D eigenvalue weighted by Crippen LogP contribution is -1.98. The Morgan fingerprint density at radius 1 is 1.05 bits per heavy atom. The first-order valence-electron chi connectivity index (χ1n) is 6.62. The number of benzene rings is 1. The van der Waals surface area contributed by atoms with Crippen LogP contribution in [0.2, 0.25) is 0 Å². The van der Waals surface area contributed by atoms with Gasteiger partial charge in [-0.05, 0) is 37.1 Å². The van der Waals surface area contributed by atoms with Crippen molar-refractivity contribution >= 4 is 12.3 Å². The molecule has 0 fully saturated rings. The normalized spacial score (nSPS) is 10.1. The average Bonchev–Trinajstić information content (AvgIpc) is 2.42. The first-order chi connectivity index (χ1) is 9.22. The van der Waals surface area contributed by atoms with Crippen LogP contribution in [-0.4, -0.2) is 24.0 Å². The number of rotatable bonds is 10. The standard InChI is InChI=1S/C15H20O4/c16-12-13-7-9-14(10-8-13)19-11-5-3-1-2-4-6-15(17)18/h7-10,12H,1-6,11H2,(H,17,18). The molecule has 0 aliphatic carbocycles. The largest absolute Gasteiger partial charge is 0.494 e. The first kappa shape index (κ1) is 15.2. The van der Waals surface area contributed by atoms with Gasteiger partial charge in [0.15, 0.2) is 0 Å². The third-order valence-corrected chi connectivity index (χ3v) is 2.82. The van der Waals surface area contributed by atoms with Crippen molar-refractivity contribution in [3.63, 3.8) is 0 Å². The van der Waals surface area contributed by atoms with Crippen molar-refractivity contribution in [1.29, 1.82) is 0 Å². The molecule has 4 heteroatoms. The van der Waals surface area contributed by atoms with E-state index in [1.54, 1.807) is 24.3 Å². The van der Waals surface area contributed by atoms with Gasteiger partial charge in [-0.2, -0.15) is 0 Å². The van der Waals surface area contributed by atoms with E-state index in [1.807, 2.05) is 0 Å². The number of carboxylic acids is 1. The van der Waals surface area contributed by atoms with Crippen LogP contribution in [0.1, 0.15) is 48.9 Å². The molecule has 0 spiro atoms. The Balaban J connectivity index is 2.01. The van der Waals surface area contributed by atoms with Gasteiger partial charge in [-0.25, -0.2) is 0 Å². The Hall–Kier alpha value is -1.84. The Kier molecular flexibility index (Phi) is 7.32. The summed E-state index contributed by atoms with van der Waals surface area (Å²) in [6, 6.07) is 7.04. The monoisotopic (exact) mass is 264 g/mol. The number of carbonyl (C=O) groups excluding carboxylic acids is 1. The van der Waals surface area contributed by atoms with Gasteiger partial charge < -0.3 is 9.84 Å². The number of unbranched alkanes of at least 4 members (excludes halogenated alkanes) is 4. The van der Waals surface area contributed by atoms with Gasteiger partial charge in [0.25, 0.3) is 0 Å². The summed E-state index contributed by atoms with van der Waals surface area (Å²) in [6.45, 7) is 0.652. The van der Waals surface area contributed by atoms with Crippen molar-refractivity contribution in [2.24, 2.45) is 0 Å². The molecule has 1 aromatic carbocycles. The lowest BCUT2D eigenvalue weighted by atomic mass is 10.1. The Morgan fingerprint density at radius 3 is 2.32 bits per heavy atom. The highest BCUT2D eigenvalue weighted by Crippen LogP contribution is 2.12. The first-order valence-corrected chi connectivity index (χ1v) is 6.62. The molecular formula is C15H20O4. The van der Waals surface area contributed by atoms with Crippen molar-refractivity contribution in [2.75, 3.05) is 6.61 Å². The Morgan fingerprint density at radius 2 is 1.68 bits per heavy atom. The lowest BCUT2D eigenvalue weighted by Gasteiger charge is -2.06. The number of aliphatic carboxylic acids is 1. The van der Waals surface area contributed by atoms with E-state index < -0.39 is 5.97 Å².